The van der Waals surface area contributed by atoms with E-state index in [-0.39, 0.29) is 25.6 Å². The fourth-order valence-corrected chi connectivity index (χ4v) is 3.24. The molecular formula is C18H19ClF3N3O2. The Kier molecular flexibility index (Phi) is 5.94. The summed E-state index contributed by atoms with van der Waals surface area (Å²) in [6, 6.07) is 6.58. The lowest BCUT2D eigenvalue weighted by molar-refractivity contribution is -0.142. The maximum Gasteiger partial charge on any atom is 0.435 e. The molecule has 0 spiro atoms. The Morgan fingerprint density at radius 2 is 1.93 bits per heavy atom. The van der Waals surface area contributed by atoms with Gasteiger partial charge in [0, 0.05) is 22.8 Å². The Bertz CT molecular complexity index is 803. The lowest BCUT2D eigenvalue weighted by Crippen LogP contribution is -2.32. The summed E-state index contributed by atoms with van der Waals surface area (Å²) >= 11 is 5.77. The molecule has 146 valence electrons. The molecule has 0 aliphatic heterocycles. The van der Waals surface area contributed by atoms with Crippen molar-refractivity contribution >= 4 is 17.5 Å². The minimum atomic E-state index is -4.46. The Morgan fingerprint density at radius 3 is 2.63 bits per heavy atom. The van der Waals surface area contributed by atoms with E-state index in [4.69, 9.17) is 16.3 Å². The van der Waals surface area contributed by atoms with Gasteiger partial charge in [-0.05, 0) is 49.9 Å². The van der Waals surface area contributed by atoms with Crippen LogP contribution in [0.1, 0.15) is 29.8 Å². The van der Waals surface area contributed by atoms with Crippen molar-refractivity contribution in [1.82, 2.24) is 15.1 Å². The molecule has 1 aromatic heterocycles. The van der Waals surface area contributed by atoms with Crippen LogP contribution in [0.25, 0.3) is 0 Å². The molecule has 1 aliphatic rings. The molecule has 1 heterocycles. The van der Waals surface area contributed by atoms with Crippen molar-refractivity contribution in [3.05, 3.63) is 46.2 Å². The highest BCUT2D eigenvalue weighted by molar-refractivity contribution is 6.30. The number of carbonyl (C=O) groups is 1. The number of hydrogen-bond acceptors (Lipinski definition) is 3. The number of nitrogens with one attached hydrogen (secondary N) is 1. The Morgan fingerprint density at radius 1 is 1.22 bits per heavy atom. The van der Waals surface area contributed by atoms with Gasteiger partial charge >= 0.3 is 6.18 Å². The van der Waals surface area contributed by atoms with Gasteiger partial charge in [0.05, 0.1) is 6.54 Å². The molecule has 0 unspecified atom stereocenters. The molecule has 0 saturated heterocycles. The third kappa shape index (κ3) is 4.94. The van der Waals surface area contributed by atoms with Gasteiger partial charge in [-0.15, -0.1) is 0 Å². The normalized spacial score (nSPS) is 13.9. The molecule has 3 rings (SSSR count). The van der Waals surface area contributed by atoms with Gasteiger partial charge in [0.15, 0.2) is 12.3 Å². The molecule has 0 saturated carbocycles. The summed E-state index contributed by atoms with van der Waals surface area (Å²) in [5, 5.41) is 6.96. The Balaban J connectivity index is 1.53. The summed E-state index contributed by atoms with van der Waals surface area (Å²) in [7, 11) is 0. The topological polar surface area (TPSA) is 56.1 Å². The van der Waals surface area contributed by atoms with Gasteiger partial charge in [0.1, 0.15) is 5.75 Å². The molecular weight excluding hydrogens is 383 g/mol. The minimum Gasteiger partial charge on any atom is -0.484 e. The van der Waals surface area contributed by atoms with Crippen LogP contribution in [0.15, 0.2) is 24.3 Å². The number of nitrogens with zero attached hydrogens (tertiary/aromatic N) is 2. The predicted molar refractivity (Wildman–Crippen MR) is 93.8 cm³/mol. The van der Waals surface area contributed by atoms with Gasteiger partial charge in [-0.25, -0.2) is 0 Å². The van der Waals surface area contributed by atoms with Gasteiger partial charge < -0.3 is 10.1 Å². The predicted octanol–water partition coefficient (Wildman–Crippen LogP) is 3.63. The monoisotopic (exact) mass is 401 g/mol. The number of fused-ring (bicyclic) bond motifs is 1. The number of aromatic nitrogens is 2. The van der Waals surface area contributed by atoms with E-state index < -0.39 is 11.9 Å². The molecule has 0 radical (unpaired) electrons. The molecule has 5 nitrogen and oxygen atoms in total. The summed E-state index contributed by atoms with van der Waals surface area (Å²) in [4.78, 5) is 11.9. The highest BCUT2D eigenvalue weighted by Crippen LogP contribution is 2.35. The van der Waals surface area contributed by atoms with Crippen LogP contribution in [-0.2, 0) is 30.4 Å². The molecule has 1 N–H and O–H groups in total. The van der Waals surface area contributed by atoms with E-state index in [0.29, 0.717) is 34.9 Å². The molecule has 1 aliphatic carbocycles. The summed E-state index contributed by atoms with van der Waals surface area (Å²) in [5.74, 6) is 0.146. The van der Waals surface area contributed by atoms with E-state index in [2.05, 4.69) is 10.4 Å². The van der Waals surface area contributed by atoms with Crippen LogP contribution in [0.2, 0.25) is 5.02 Å². The van der Waals surface area contributed by atoms with Crippen LogP contribution in [0.5, 0.6) is 5.75 Å². The zero-order valence-electron chi connectivity index (χ0n) is 14.5. The second-order valence-electron chi connectivity index (χ2n) is 6.29. The van der Waals surface area contributed by atoms with Crippen LogP contribution in [0, 0.1) is 0 Å². The number of hydrogen-bond donors (Lipinski definition) is 1. The maximum atomic E-state index is 13.2. The number of carbonyl (C=O) groups excluding carboxylic acids is 1. The molecule has 2 aromatic rings. The summed E-state index contributed by atoms with van der Waals surface area (Å²) in [6.07, 6.45) is -1.91. The quantitative estimate of drug-likeness (QED) is 0.804. The number of rotatable bonds is 6. The van der Waals surface area contributed by atoms with E-state index in [1.54, 1.807) is 24.3 Å². The Labute approximate surface area is 159 Å². The first-order valence-corrected chi connectivity index (χ1v) is 9.03. The van der Waals surface area contributed by atoms with E-state index >= 15 is 0 Å². The van der Waals surface area contributed by atoms with Gasteiger partial charge in [-0.2, -0.15) is 18.3 Å². The van der Waals surface area contributed by atoms with Gasteiger partial charge in [0.2, 0.25) is 0 Å². The number of ether oxygens (including phenoxy) is 1. The van der Waals surface area contributed by atoms with Crippen LogP contribution in [0.4, 0.5) is 13.2 Å². The minimum absolute atomic E-state index is 0.175. The lowest BCUT2D eigenvalue weighted by atomic mass is 9.95. The molecule has 0 bridgehead atoms. The first-order chi connectivity index (χ1) is 12.8. The molecule has 0 atom stereocenters. The third-order valence-electron chi connectivity index (χ3n) is 4.35. The second kappa shape index (κ2) is 8.21. The Hall–Kier alpha value is -2.22. The SMILES string of the molecule is O=C(COc1ccc(Cl)cc1)NCCn1nc(C(F)(F)F)c2c1CCCC2. The van der Waals surface area contributed by atoms with Crippen LogP contribution < -0.4 is 10.1 Å². The van der Waals surface area contributed by atoms with E-state index in [9.17, 15) is 18.0 Å². The highest BCUT2D eigenvalue weighted by atomic mass is 35.5. The van der Waals surface area contributed by atoms with Crippen molar-refractivity contribution in [2.75, 3.05) is 13.2 Å². The van der Waals surface area contributed by atoms with Gasteiger partial charge in [-0.3, -0.25) is 9.48 Å². The molecule has 1 amide bonds. The van der Waals surface area contributed by atoms with Gasteiger partial charge in [0.25, 0.3) is 5.91 Å². The van der Waals surface area contributed by atoms with Crippen molar-refractivity contribution in [3.8, 4) is 5.75 Å². The van der Waals surface area contributed by atoms with Crippen LogP contribution in [-0.4, -0.2) is 28.8 Å². The molecule has 27 heavy (non-hydrogen) atoms. The van der Waals surface area contributed by atoms with E-state index in [1.807, 2.05) is 0 Å². The van der Waals surface area contributed by atoms with Crippen LogP contribution in [0.3, 0.4) is 0 Å². The standard InChI is InChI=1S/C18H19ClF3N3O2/c19-12-5-7-13(8-6-12)27-11-16(26)23-9-10-25-15-4-2-1-3-14(15)17(24-25)18(20,21)22/h5-8H,1-4,9-11H2,(H,23,26). The maximum absolute atomic E-state index is 13.2. The van der Waals surface area contributed by atoms with Crippen molar-refractivity contribution in [1.29, 1.82) is 0 Å². The highest BCUT2D eigenvalue weighted by Gasteiger charge is 2.39. The van der Waals surface area contributed by atoms with E-state index in [0.717, 1.165) is 12.8 Å². The van der Waals surface area contributed by atoms with Crippen molar-refractivity contribution < 1.29 is 22.7 Å². The van der Waals surface area contributed by atoms with E-state index in [1.165, 1.54) is 4.68 Å². The molecule has 1 aromatic carbocycles. The summed E-state index contributed by atoms with van der Waals surface area (Å²) in [5.41, 5.74) is 0.126. The fourth-order valence-electron chi connectivity index (χ4n) is 3.12. The average molecular weight is 402 g/mol. The number of alkyl halides is 3. The number of benzene rings is 1. The smallest absolute Gasteiger partial charge is 0.435 e. The second-order valence-corrected chi connectivity index (χ2v) is 6.73. The largest absolute Gasteiger partial charge is 0.484 e. The average Bonchev–Trinajstić information content (AvgIpc) is 3.01. The summed E-state index contributed by atoms with van der Waals surface area (Å²) in [6.45, 7) is 0.173. The zero-order chi connectivity index (χ0) is 19.4. The third-order valence-corrected chi connectivity index (χ3v) is 4.61. The fraction of sp³-hybridized carbons (Fsp3) is 0.444. The number of amides is 1. The first-order valence-electron chi connectivity index (χ1n) is 8.65. The lowest BCUT2D eigenvalue weighted by Gasteiger charge is -2.15. The van der Waals surface area contributed by atoms with Crippen molar-refractivity contribution in [2.45, 2.75) is 38.4 Å². The van der Waals surface area contributed by atoms with Crippen LogP contribution >= 0.6 is 11.6 Å². The first kappa shape index (κ1) is 19.5. The number of halogens is 4. The van der Waals surface area contributed by atoms with Crippen molar-refractivity contribution in [2.24, 2.45) is 0 Å². The zero-order valence-corrected chi connectivity index (χ0v) is 15.2. The molecule has 0 fully saturated rings. The summed E-state index contributed by atoms with van der Waals surface area (Å²) < 4.78 is 46.2. The van der Waals surface area contributed by atoms with Crippen molar-refractivity contribution in [3.63, 3.8) is 0 Å². The van der Waals surface area contributed by atoms with Gasteiger partial charge in [-0.1, -0.05) is 11.6 Å². The molecule has 9 heteroatoms.